The van der Waals surface area contributed by atoms with Gasteiger partial charge in [-0.05, 0) is 31.5 Å². The second kappa shape index (κ2) is 6.31. The number of benzene rings is 1. The van der Waals surface area contributed by atoms with Crippen LogP contribution in [0.3, 0.4) is 0 Å². The lowest BCUT2D eigenvalue weighted by Gasteiger charge is -2.20. The number of aliphatic carboxylic acids is 1. The molecule has 0 spiro atoms. The minimum atomic E-state index is -1.15. The minimum absolute atomic E-state index is 0.0716. The Bertz CT molecular complexity index is 665. The highest BCUT2D eigenvalue weighted by Gasteiger charge is 2.41. The molecule has 1 fully saturated rings. The molecule has 23 heavy (non-hydrogen) atoms. The number of carbonyl (C=O) groups is 3. The number of hydrogen-bond acceptors (Lipinski definition) is 3. The SMILES string of the molecule is CC1(C(=O)O)CCN(C(=O)CNC(=O)c2ccc(F)c(F)c2)C1. The number of nitrogens with one attached hydrogen (secondary N) is 1. The number of nitrogens with zero attached hydrogens (tertiary/aromatic N) is 1. The fraction of sp³-hybridized carbons (Fsp3) is 0.400. The summed E-state index contributed by atoms with van der Waals surface area (Å²) < 4.78 is 25.9. The first-order chi connectivity index (χ1) is 10.7. The summed E-state index contributed by atoms with van der Waals surface area (Å²) in [6.45, 7) is 1.58. The van der Waals surface area contributed by atoms with Crippen LogP contribution in [-0.2, 0) is 9.59 Å². The van der Waals surface area contributed by atoms with E-state index in [9.17, 15) is 23.2 Å². The monoisotopic (exact) mass is 326 g/mol. The predicted molar refractivity (Wildman–Crippen MR) is 75.6 cm³/mol. The van der Waals surface area contributed by atoms with Crippen molar-refractivity contribution in [2.75, 3.05) is 19.6 Å². The average Bonchev–Trinajstić information content (AvgIpc) is 2.91. The van der Waals surface area contributed by atoms with Gasteiger partial charge in [-0.1, -0.05) is 0 Å². The highest BCUT2D eigenvalue weighted by Crippen LogP contribution is 2.29. The largest absolute Gasteiger partial charge is 0.481 e. The molecule has 2 N–H and O–H groups in total. The molecule has 1 saturated heterocycles. The van der Waals surface area contributed by atoms with Crippen molar-refractivity contribution >= 4 is 17.8 Å². The summed E-state index contributed by atoms with van der Waals surface area (Å²) in [7, 11) is 0. The van der Waals surface area contributed by atoms with Gasteiger partial charge < -0.3 is 15.3 Å². The summed E-state index contributed by atoms with van der Waals surface area (Å²) in [4.78, 5) is 36.3. The first-order valence-electron chi connectivity index (χ1n) is 6.97. The molecular weight excluding hydrogens is 310 g/mol. The third-order valence-corrected chi connectivity index (χ3v) is 3.92. The quantitative estimate of drug-likeness (QED) is 0.865. The van der Waals surface area contributed by atoms with Crippen molar-refractivity contribution in [3.05, 3.63) is 35.4 Å². The highest BCUT2D eigenvalue weighted by atomic mass is 19.2. The van der Waals surface area contributed by atoms with Gasteiger partial charge in [0, 0.05) is 18.7 Å². The Kier molecular flexibility index (Phi) is 4.63. The molecule has 0 bridgehead atoms. The van der Waals surface area contributed by atoms with Gasteiger partial charge >= 0.3 is 5.97 Å². The van der Waals surface area contributed by atoms with Crippen LogP contribution in [0.2, 0.25) is 0 Å². The van der Waals surface area contributed by atoms with Gasteiger partial charge in [0.1, 0.15) is 0 Å². The van der Waals surface area contributed by atoms with Crippen molar-refractivity contribution < 1.29 is 28.3 Å². The zero-order valence-electron chi connectivity index (χ0n) is 12.4. The molecule has 6 nitrogen and oxygen atoms in total. The Morgan fingerprint density at radius 1 is 1.30 bits per heavy atom. The van der Waals surface area contributed by atoms with Gasteiger partial charge in [0.25, 0.3) is 5.91 Å². The Labute approximate surface area is 131 Å². The summed E-state index contributed by atoms with van der Waals surface area (Å²) in [5.74, 6) is -4.33. The fourth-order valence-electron chi connectivity index (χ4n) is 2.36. The summed E-state index contributed by atoms with van der Waals surface area (Å²) in [6.07, 6.45) is 0.338. The number of carboxylic acids is 1. The number of halogens is 2. The Morgan fingerprint density at radius 2 is 2.00 bits per heavy atom. The van der Waals surface area contributed by atoms with Crippen LogP contribution in [0.15, 0.2) is 18.2 Å². The van der Waals surface area contributed by atoms with Crippen molar-refractivity contribution in [3.8, 4) is 0 Å². The second-order valence-electron chi connectivity index (χ2n) is 5.74. The third-order valence-electron chi connectivity index (χ3n) is 3.92. The molecule has 0 aromatic heterocycles. The van der Waals surface area contributed by atoms with Crippen LogP contribution >= 0.6 is 0 Å². The molecule has 124 valence electrons. The van der Waals surface area contributed by atoms with E-state index < -0.39 is 34.8 Å². The molecule has 1 heterocycles. The number of likely N-dealkylation sites (tertiary alicyclic amines) is 1. The zero-order chi connectivity index (χ0) is 17.2. The van der Waals surface area contributed by atoms with Gasteiger partial charge in [-0.15, -0.1) is 0 Å². The van der Waals surface area contributed by atoms with E-state index in [4.69, 9.17) is 5.11 Å². The molecule has 8 heteroatoms. The predicted octanol–water partition coefficient (Wildman–Crippen LogP) is 1.02. The molecule has 1 atom stereocenters. The standard InChI is InChI=1S/C15H16F2N2O4/c1-15(14(22)23)4-5-19(8-15)12(20)7-18-13(21)9-2-3-10(16)11(17)6-9/h2-3,6H,4-5,7-8H2,1H3,(H,18,21)(H,22,23). The van der Waals surface area contributed by atoms with Crippen molar-refractivity contribution in [2.24, 2.45) is 5.41 Å². The van der Waals surface area contributed by atoms with E-state index in [1.165, 1.54) is 4.90 Å². The van der Waals surface area contributed by atoms with E-state index >= 15 is 0 Å². The number of amides is 2. The van der Waals surface area contributed by atoms with Crippen molar-refractivity contribution in [1.82, 2.24) is 10.2 Å². The number of carboxylic acid groups (broad SMARTS) is 1. The van der Waals surface area contributed by atoms with Crippen LogP contribution in [0.5, 0.6) is 0 Å². The molecule has 1 aliphatic rings. The molecule has 0 radical (unpaired) electrons. The number of carbonyl (C=O) groups excluding carboxylic acids is 2. The Hall–Kier alpha value is -2.51. The smallest absolute Gasteiger partial charge is 0.311 e. The van der Waals surface area contributed by atoms with E-state index in [1.807, 2.05) is 0 Å². The summed E-state index contributed by atoms with van der Waals surface area (Å²) in [5.41, 5.74) is -1.09. The van der Waals surface area contributed by atoms with Crippen molar-refractivity contribution in [2.45, 2.75) is 13.3 Å². The zero-order valence-corrected chi connectivity index (χ0v) is 12.4. The van der Waals surface area contributed by atoms with Crippen LogP contribution < -0.4 is 5.32 Å². The van der Waals surface area contributed by atoms with Crippen molar-refractivity contribution in [1.29, 1.82) is 0 Å². The Balaban J connectivity index is 1.91. The van der Waals surface area contributed by atoms with E-state index in [1.54, 1.807) is 6.92 Å². The summed E-state index contributed by atoms with van der Waals surface area (Å²) in [6, 6.07) is 2.67. The van der Waals surface area contributed by atoms with E-state index in [-0.39, 0.29) is 18.7 Å². The van der Waals surface area contributed by atoms with Crippen LogP contribution in [0, 0.1) is 17.0 Å². The first-order valence-corrected chi connectivity index (χ1v) is 6.97. The van der Waals surface area contributed by atoms with E-state index in [2.05, 4.69) is 5.32 Å². The molecule has 1 unspecified atom stereocenters. The van der Waals surface area contributed by atoms with Gasteiger partial charge in [-0.2, -0.15) is 0 Å². The second-order valence-corrected chi connectivity index (χ2v) is 5.74. The van der Waals surface area contributed by atoms with E-state index in [0.717, 1.165) is 18.2 Å². The van der Waals surface area contributed by atoms with Crippen LogP contribution in [0.1, 0.15) is 23.7 Å². The number of hydrogen-bond donors (Lipinski definition) is 2. The molecule has 1 aliphatic heterocycles. The highest BCUT2D eigenvalue weighted by molar-refractivity contribution is 5.96. The van der Waals surface area contributed by atoms with Gasteiger partial charge in [-0.3, -0.25) is 14.4 Å². The Morgan fingerprint density at radius 3 is 2.57 bits per heavy atom. The first kappa shape index (κ1) is 16.9. The minimum Gasteiger partial charge on any atom is -0.481 e. The van der Waals surface area contributed by atoms with Crippen LogP contribution in [0.25, 0.3) is 0 Å². The maximum absolute atomic E-state index is 13.1. The van der Waals surface area contributed by atoms with Gasteiger partial charge in [0.05, 0.1) is 12.0 Å². The summed E-state index contributed by atoms with van der Waals surface area (Å²) in [5, 5.41) is 11.4. The van der Waals surface area contributed by atoms with Gasteiger partial charge in [0.15, 0.2) is 11.6 Å². The molecular formula is C15H16F2N2O4. The number of rotatable bonds is 4. The topological polar surface area (TPSA) is 86.7 Å². The van der Waals surface area contributed by atoms with Crippen LogP contribution in [-0.4, -0.2) is 47.4 Å². The molecule has 2 rings (SSSR count). The third kappa shape index (κ3) is 3.64. The lowest BCUT2D eigenvalue weighted by molar-refractivity contribution is -0.147. The molecule has 2 amide bonds. The van der Waals surface area contributed by atoms with Crippen molar-refractivity contribution in [3.63, 3.8) is 0 Å². The maximum atomic E-state index is 13.1. The molecule has 0 aliphatic carbocycles. The van der Waals surface area contributed by atoms with E-state index in [0.29, 0.717) is 13.0 Å². The molecule has 1 aromatic rings. The lowest BCUT2D eigenvalue weighted by Crippen LogP contribution is -2.41. The molecule has 1 aromatic carbocycles. The lowest BCUT2D eigenvalue weighted by atomic mass is 9.90. The van der Waals surface area contributed by atoms with Gasteiger partial charge in [-0.25, -0.2) is 8.78 Å². The normalized spacial score (nSPS) is 20.4. The maximum Gasteiger partial charge on any atom is 0.311 e. The van der Waals surface area contributed by atoms with Gasteiger partial charge in [0.2, 0.25) is 5.91 Å². The average molecular weight is 326 g/mol. The summed E-state index contributed by atoms with van der Waals surface area (Å²) >= 11 is 0. The van der Waals surface area contributed by atoms with Crippen LogP contribution in [0.4, 0.5) is 8.78 Å². The fourth-order valence-corrected chi connectivity index (χ4v) is 2.36. The molecule has 0 saturated carbocycles.